The van der Waals surface area contributed by atoms with E-state index in [1.165, 1.54) is 6.20 Å². The monoisotopic (exact) mass is 346 g/mol. The molecular weight excluding hydrogens is 327 g/mol. The molecule has 0 atom stereocenters. The normalized spacial score (nSPS) is 13.1. The molecule has 1 aliphatic rings. The molecule has 130 valence electrons. The molecule has 1 fully saturated rings. The first-order chi connectivity index (χ1) is 12.7. The van der Waals surface area contributed by atoms with E-state index in [4.69, 9.17) is 14.3 Å². The lowest BCUT2D eigenvalue weighted by atomic mass is 9.99. The number of anilines is 4. The molecule has 1 aromatic carbocycles. The van der Waals surface area contributed by atoms with Crippen LogP contribution in [0, 0.1) is 12.3 Å². The van der Waals surface area contributed by atoms with Gasteiger partial charge in [0.25, 0.3) is 0 Å². The molecule has 1 aromatic heterocycles. The number of benzene rings is 1. The van der Waals surface area contributed by atoms with Crippen molar-refractivity contribution in [2.45, 2.75) is 12.8 Å². The first kappa shape index (κ1) is 17.6. The summed E-state index contributed by atoms with van der Waals surface area (Å²) < 4.78 is 0. The molecule has 0 unspecified atom stereocenters. The van der Waals surface area contributed by atoms with Gasteiger partial charge in [0, 0.05) is 30.7 Å². The number of terminal acetylenes is 1. The predicted molar refractivity (Wildman–Crippen MR) is 104 cm³/mol. The highest BCUT2D eigenvalue weighted by Gasteiger charge is 2.17. The lowest BCUT2D eigenvalue weighted by Crippen LogP contribution is -2.32. The second-order valence-electron chi connectivity index (χ2n) is 5.89. The summed E-state index contributed by atoms with van der Waals surface area (Å²) in [5.41, 5.74) is 1.86. The summed E-state index contributed by atoms with van der Waals surface area (Å²) in [6.45, 7) is 1.92. The van der Waals surface area contributed by atoms with Crippen LogP contribution < -0.4 is 21.4 Å². The standard InChI is InChI=1S/C18H19BN6O/c1-2-8-20-16-15(19)12-21-17(24-16)22-13-6-5-7-14(11-13)23-18(26)25-9-3-4-10-25/h1,5-7,11-12H,3-4,8-10H2,(H,23,26)(H2,20,21,22,24). The van der Waals surface area contributed by atoms with Gasteiger partial charge in [0.2, 0.25) is 5.95 Å². The highest BCUT2D eigenvalue weighted by Crippen LogP contribution is 2.19. The van der Waals surface area contributed by atoms with Crippen molar-refractivity contribution in [3.05, 3.63) is 30.5 Å². The van der Waals surface area contributed by atoms with Crippen LogP contribution in [0.25, 0.3) is 0 Å². The van der Waals surface area contributed by atoms with Crippen LogP contribution in [0.5, 0.6) is 0 Å². The lowest BCUT2D eigenvalue weighted by molar-refractivity contribution is 0.222. The van der Waals surface area contributed by atoms with E-state index in [9.17, 15) is 4.79 Å². The van der Waals surface area contributed by atoms with E-state index in [0.717, 1.165) is 31.6 Å². The van der Waals surface area contributed by atoms with E-state index in [-0.39, 0.29) is 6.03 Å². The Balaban J connectivity index is 1.68. The van der Waals surface area contributed by atoms with Crippen LogP contribution >= 0.6 is 0 Å². The molecular formula is C18H19BN6O. The van der Waals surface area contributed by atoms with Crippen LogP contribution in [0.3, 0.4) is 0 Å². The Morgan fingerprint density at radius 1 is 1.31 bits per heavy atom. The number of amides is 2. The van der Waals surface area contributed by atoms with E-state index < -0.39 is 0 Å². The maximum Gasteiger partial charge on any atom is 0.321 e. The second-order valence-corrected chi connectivity index (χ2v) is 5.89. The Bertz CT molecular complexity index is 829. The van der Waals surface area contributed by atoms with E-state index >= 15 is 0 Å². The highest BCUT2D eigenvalue weighted by atomic mass is 16.2. The van der Waals surface area contributed by atoms with Gasteiger partial charge in [-0.1, -0.05) is 12.0 Å². The van der Waals surface area contributed by atoms with E-state index in [2.05, 4.69) is 31.8 Å². The highest BCUT2D eigenvalue weighted by molar-refractivity contribution is 6.35. The third-order valence-corrected chi connectivity index (χ3v) is 3.94. The molecule has 26 heavy (non-hydrogen) atoms. The van der Waals surface area contributed by atoms with Crippen LogP contribution in [-0.2, 0) is 0 Å². The van der Waals surface area contributed by atoms with Gasteiger partial charge in [0.1, 0.15) is 13.7 Å². The van der Waals surface area contributed by atoms with Crippen molar-refractivity contribution in [2.75, 3.05) is 35.6 Å². The molecule has 2 heterocycles. The van der Waals surface area contributed by atoms with Crippen molar-refractivity contribution < 1.29 is 4.79 Å². The fourth-order valence-electron chi connectivity index (χ4n) is 2.65. The van der Waals surface area contributed by atoms with E-state index in [0.29, 0.717) is 29.5 Å². The van der Waals surface area contributed by atoms with Crippen LogP contribution in [-0.4, -0.2) is 48.4 Å². The van der Waals surface area contributed by atoms with Crippen molar-refractivity contribution in [3.63, 3.8) is 0 Å². The fourth-order valence-corrected chi connectivity index (χ4v) is 2.65. The number of rotatable bonds is 5. The Labute approximate surface area is 154 Å². The summed E-state index contributed by atoms with van der Waals surface area (Å²) in [6, 6.07) is 7.28. The third-order valence-electron chi connectivity index (χ3n) is 3.94. The summed E-state index contributed by atoms with van der Waals surface area (Å²) in [5.74, 6) is 3.32. The van der Waals surface area contributed by atoms with Gasteiger partial charge in [-0.15, -0.1) is 6.42 Å². The van der Waals surface area contributed by atoms with Crippen molar-refractivity contribution in [1.29, 1.82) is 0 Å². The van der Waals surface area contributed by atoms with Crippen molar-refractivity contribution in [1.82, 2.24) is 14.9 Å². The quantitative estimate of drug-likeness (QED) is 0.567. The van der Waals surface area contributed by atoms with Gasteiger partial charge < -0.3 is 20.9 Å². The summed E-state index contributed by atoms with van der Waals surface area (Å²) >= 11 is 0. The average Bonchev–Trinajstić information content (AvgIpc) is 3.17. The molecule has 3 N–H and O–H groups in total. The number of aromatic nitrogens is 2. The number of carbonyl (C=O) groups excluding carboxylic acids is 1. The number of likely N-dealkylation sites (tertiary alicyclic amines) is 1. The van der Waals surface area contributed by atoms with Gasteiger partial charge in [0.15, 0.2) is 0 Å². The molecule has 8 heteroatoms. The maximum atomic E-state index is 12.2. The predicted octanol–water partition coefficient (Wildman–Crippen LogP) is 1.69. The van der Waals surface area contributed by atoms with Gasteiger partial charge in [-0.2, -0.15) is 4.98 Å². The molecule has 0 bridgehead atoms. The maximum absolute atomic E-state index is 12.2. The molecule has 1 aliphatic heterocycles. The zero-order chi connectivity index (χ0) is 18.4. The number of carbonyl (C=O) groups is 1. The van der Waals surface area contributed by atoms with Crippen molar-refractivity contribution in [3.8, 4) is 12.3 Å². The van der Waals surface area contributed by atoms with Gasteiger partial charge >= 0.3 is 6.03 Å². The molecule has 7 nitrogen and oxygen atoms in total. The van der Waals surface area contributed by atoms with Crippen molar-refractivity contribution >= 4 is 42.5 Å². The SMILES string of the molecule is [B]c1cnc(Nc2cccc(NC(=O)N3CCCC3)c2)nc1NCC#C. The summed E-state index contributed by atoms with van der Waals surface area (Å²) in [4.78, 5) is 22.5. The number of nitrogens with one attached hydrogen (secondary N) is 3. The Kier molecular flexibility index (Phi) is 5.59. The van der Waals surface area contributed by atoms with Gasteiger partial charge in [-0.3, -0.25) is 0 Å². The van der Waals surface area contributed by atoms with Crippen LogP contribution in [0.1, 0.15) is 12.8 Å². The molecule has 2 amide bonds. The zero-order valence-corrected chi connectivity index (χ0v) is 14.3. The largest absolute Gasteiger partial charge is 0.359 e. The number of hydrogen-bond donors (Lipinski definition) is 3. The first-order valence-corrected chi connectivity index (χ1v) is 8.38. The van der Waals surface area contributed by atoms with Gasteiger partial charge in [-0.05, 0) is 36.5 Å². The molecule has 0 spiro atoms. The lowest BCUT2D eigenvalue weighted by Gasteiger charge is -2.16. The Morgan fingerprint density at radius 2 is 2.08 bits per heavy atom. The Hall–Kier alpha value is -3.21. The molecule has 2 aromatic rings. The zero-order valence-electron chi connectivity index (χ0n) is 14.3. The average molecular weight is 346 g/mol. The fraction of sp³-hybridized carbons (Fsp3) is 0.278. The molecule has 1 saturated heterocycles. The summed E-state index contributed by atoms with van der Waals surface area (Å²) in [6.07, 6.45) is 8.86. The number of nitrogens with zero attached hydrogens (tertiary/aromatic N) is 3. The molecule has 3 rings (SSSR count). The molecule has 0 aliphatic carbocycles. The van der Waals surface area contributed by atoms with Gasteiger partial charge in [0.05, 0.1) is 6.54 Å². The minimum absolute atomic E-state index is 0.0795. The Morgan fingerprint density at radius 3 is 2.85 bits per heavy atom. The van der Waals surface area contributed by atoms with E-state index in [1.54, 1.807) is 0 Å². The third kappa shape index (κ3) is 4.45. The summed E-state index contributed by atoms with van der Waals surface area (Å²) in [7, 11) is 5.83. The topological polar surface area (TPSA) is 82.2 Å². The minimum Gasteiger partial charge on any atom is -0.359 e. The van der Waals surface area contributed by atoms with E-state index in [1.807, 2.05) is 29.2 Å². The molecule has 0 saturated carbocycles. The van der Waals surface area contributed by atoms with Crippen LogP contribution in [0.2, 0.25) is 0 Å². The smallest absolute Gasteiger partial charge is 0.321 e. The van der Waals surface area contributed by atoms with Crippen LogP contribution in [0.4, 0.5) is 27.9 Å². The first-order valence-electron chi connectivity index (χ1n) is 8.38. The van der Waals surface area contributed by atoms with Gasteiger partial charge in [-0.25, -0.2) is 9.78 Å². The second kappa shape index (κ2) is 8.25. The van der Waals surface area contributed by atoms with Crippen LogP contribution in [0.15, 0.2) is 30.5 Å². The number of urea groups is 1. The van der Waals surface area contributed by atoms with Crippen molar-refractivity contribution in [2.24, 2.45) is 0 Å². The molecule has 2 radical (unpaired) electrons. The minimum atomic E-state index is -0.0795. The number of hydrogen-bond acceptors (Lipinski definition) is 5. The summed E-state index contributed by atoms with van der Waals surface area (Å²) in [5, 5.41) is 8.95.